The molecule has 468 valence electrons. The standard InChI is InChI=1S/C73H141NO5/c1-3-5-7-9-11-13-15-17-19-34-38-41-45-49-53-57-61-65-71(76)70(69-75)74-72(77)66-62-58-54-50-46-42-39-35-32-30-28-26-24-22-20-21-23-25-27-29-31-33-36-40-44-48-52-56-60-64-68-79-73(78)67-63-59-55-51-47-43-37-18-16-14-12-10-8-6-4-2/h18,37,61,65,70-71,75-76H,3-17,19-36,38-60,62-64,66-69H2,1-2H3,(H,74,77)/b37-18-,65-61+. The predicted octanol–water partition coefficient (Wildman–Crippen LogP) is 23.3. The van der Waals surface area contributed by atoms with Crippen LogP contribution in [0.5, 0.6) is 0 Å². The lowest BCUT2D eigenvalue weighted by molar-refractivity contribution is -0.143. The van der Waals surface area contributed by atoms with Gasteiger partial charge in [-0.05, 0) is 57.8 Å². The normalized spacial score (nSPS) is 12.6. The Labute approximate surface area is 494 Å². The Morgan fingerprint density at radius 3 is 0.899 bits per heavy atom. The number of unbranched alkanes of at least 4 members (excludes halogenated alkanes) is 55. The van der Waals surface area contributed by atoms with E-state index in [4.69, 9.17) is 4.74 Å². The maximum atomic E-state index is 12.5. The minimum atomic E-state index is -0.842. The van der Waals surface area contributed by atoms with Crippen LogP contribution in [0.4, 0.5) is 0 Å². The third-order valence-corrected chi connectivity index (χ3v) is 17.0. The Balaban J connectivity index is 3.35. The summed E-state index contributed by atoms with van der Waals surface area (Å²) in [6.07, 6.45) is 87.0. The van der Waals surface area contributed by atoms with Crippen LogP contribution < -0.4 is 5.32 Å². The molecule has 0 aromatic heterocycles. The summed E-state index contributed by atoms with van der Waals surface area (Å²) in [5, 5.41) is 23.2. The number of hydrogen-bond donors (Lipinski definition) is 3. The third kappa shape index (κ3) is 65.4. The first-order valence-electron chi connectivity index (χ1n) is 36.1. The maximum Gasteiger partial charge on any atom is 0.305 e. The Morgan fingerprint density at radius 1 is 0.342 bits per heavy atom. The van der Waals surface area contributed by atoms with E-state index >= 15 is 0 Å². The molecule has 0 aliphatic heterocycles. The van der Waals surface area contributed by atoms with Crippen LogP contribution in [0.2, 0.25) is 0 Å². The van der Waals surface area contributed by atoms with Gasteiger partial charge in [0.2, 0.25) is 5.91 Å². The molecule has 0 fully saturated rings. The molecule has 0 aromatic rings. The lowest BCUT2D eigenvalue weighted by atomic mass is 10.0. The molecule has 0 rings (SSSR count). The van der Waals surface area contributed by atoms with Crippen LogP contribution in [0.25, 0.3) is 0 Å². The van der Waals surface area contributed by atoms with Crippen molar-refractivity contribution in [2.45, 2.75) is 418 Å². The smallest absolute Gasteiger partial charge is 0.305 e. The summed E-state index contributed by atoms with van der Waals surface area (Å²) >= 11 is 0. The van der Waals surface area contributed by atoms with Crippen molar-refractivity contribution in [2.24, 2.45) is 0 Å². The van der Waals surface area contributed by atoms with Crippen LogP contribution in [0, 0.1) is 0 Å². The second-order valence-corrected chi connectivity index (χ2v) is 24.9. The topological polar surface area (TPSA) is 95.9 Å². The molecular weight excluding hydrogens is 971 g/mol. The highest BCUT2D eigenvalue weighted by atomic mass is 16.5. The number of carbonyl (C=O) groups is 2. The van der Waals surface area contributed by atoms with Crippen molar-refractivity contribution in [3.63, 3.8) is 0 Å². The molecule has 0 heterocycles. The summed E-state index contributed by atoms with van der Waals surface area (Å²) in [6, 6.07) is -0.625. The highest BCUT2D eigenvalue weighted by Crippen LogP contribution is 2.19. The number of aliphatic hydroxyl groups is 2. The van der Waals surface area contributed by atoms with Gasteiger partial charge in [-0.1, -0.05) is 359 Å². The molecule has 79 heavy (non-hydrogen) atoms. The zero-order chi connectivity index (χ0) is 57.1. The van der Waals surface area contributed by atoms with Gasteiger partial charge < -0.3 is 20.3 Å². The molecule has 0 aromatic carbocycles. The van der Waals surface area contributed by atoms with E-state index in [1.807, 2.05) is 6.08 Å². The van der Waals surface area contributed by atoms with Crippen LogP contribution in [0.1, 0.15) is 406 Å². The number of aliphatic hydroxyl groups excluding tert-OH is 2. The molecule has 6 heteroatoms. The average Bonchev–Trinajstić information content (AvgIpc) is 3.45. The second kappa shape index (κ2) is 68.8. The molecule has 0 aliphatic carbocycles. The van der Waals surface area contributed by atoms with Gasteiger partial charge in [-0.25, -0.2) is 0 Å². The van der Waals surface area contributed by atoms with Gasteiger partial charge in [0.1, 0.15) is 0 Å². The predicted molar refractivity (Wildman–Crippen MR) is 347 cm³/mol. The number of amides is 1. The molecule has 2 unspecified atom stereocenters. The molecule has 6 nitrogen and oxygen atoms in total. The Morgan fingerprint density at radius 2 is 0.595 bits per heavy atom. The van der Waals surface area contributed by atoms with Gasteiger partial charge in [0.15, 0.2) is 0 Å². The zero-order valence-electron chi connectivity index (χ0n) is 53.6. The number of hydrogen-bond acceptors (Lipinski definition) is 5. The van der Waals surface area contributed by atoms with E-state index in [-0.39, 0.29) is 18.5 Å². The fourth-order valence-corrected chi connectivity index (χ4v) is 11.5. The van der Waals surface area contributed by atoms with Crippen LogP contribution in [0.3, 0.4) is 0 Å². The summed E-state index contributed by atoms with van der Waals surface area (Å²) in [5.41, 5.74) is 0. The van der Waals surface area contributed by atoms with E-state index in [0.717, 1.165) is 44.9 Å². The van der Waals surface area contributed by atoms with Gasteiger partial charge in [0.25, 0.3) is 0 Å². The molecule has 0 saturated heterocycles. The number of nitrogens with one attached hydrogen (secondary N) is 1. The lowest BCUT2D eigenvalue weighted by Crippen LogP contribution is -2.45. The number of allylic oxidation sites excluding steroid dienone is 3. The van der Waals surface area contributed by atoms with E-state index in [9.17, 15) is 19.8 Å². The van der Waals surface area contributed by atoms with E-state index in [0.29, 0.717) is 19.4 Å². The maximum absolute atomic E-state index is 12.5. The minimum absolute atomic E-state index is 0.0125. The molecule has 2 atom stereocenters. The van der Waals surface area contributed by atoms with Crippen molar-refractivity contribution in [3.05, 3.63) is 24.3 Å². The van der Waals surface area contributed by atoms with Crippen LogP contribution in [-0.2, 0) is 14.3 Å². The summed E-state index contributed by atoms with van der Waals surface area (Å²) < 4.78 is 5.49. The van der Waals surface area contributed by atoms with Gasteiger partial charge in [-0.2, -0.15) is 0 Å². The third-order valence-electron chi connectivity index (χ3n) is 17.0. The fourth-order valence-electron chi connectivity index (χ4n) is 11.5. The van der Waals surface area contributed by atoms with Gasteiger partial charge >= 0.3 is 5.97 Å². The lowest BCUT2D eigenvalue weighted by Gasteiger charge is -2.20. The Hall–Kier alpha value is -1.66. The van der Waals surface area contributed by atoms with E-state index in [2.05, 4.69) is 31.3 Å². The number of carbonyl (C=O) groups excluding carboxylic acids is 2. The monoisotopic (exact) mass is 1110 g/mol. The summed E-state index contributed by atoms with van der Waals surface area (Å²) in [7, 11) is 0. The molecule has 1 amide bonds. The quantitative estimate of drug-likeness (QED) is 0.0320. The molecule has 0 aliphatic rings. The van der Waals surface area contributed by atoms with Crippen molar-refractivity contribution in [1.82, 2.24) is 5.32 Å². The summed E-state index contributed by atoms with van der Waals surface area (Å²) in [5.74, 6) is -0.0483. The van der Waals surface area contributed by atoms with Crippen molar-refractivity contribution in [3.8, 4) is 0 Å². The minimum Gasteiger partial charge on any atom is -0.466 e. The van der Waals surface area contributed by atoms with E-state index in [1.54, 1.807) is 6.08 Å². The summed E-state index contributed by atoms with van der Waals surface area (Å²) in [6.45, 7) is 4.93. The van der Waals surface area contributed by atoms with Crippen molar-refractivity contribution >= 4 is 11.9 Å². The molecule has 0 saturated carbocycles. The summed E-state index contributed by atoms with van der Waals surface area (Å²) in [4.78, 5) is 24.6. The van der Waals surface area contributed by atoms with Crippen LogP contribution in [-0.4, -0.2) is 47.4 Å². The number of ether oxygens (including phenoxy) is 1. The Bertz CT molecular complexity index is 1230. The first-order chi connectivity index (χ1) is 39.0. The van der Waals surface area contributed by atoms with Crippen molar-refractivity contribution < 1.29 is 24.5 Å². The first kappa shape index (κ1) is 77.3. The van der Waals surface area contributed by atoms with Gasteiger partial charge in [-0.15, -0.1) is 0 Å². The van der Waals surface area contributed by atoms with Crippen molar-refractivity contribution in [2.75, 3.05) is 13.2 Å². The molecule has 0 bridgehead atoms. The largest absolute Gasteiger partial charge is 0.466 e. The molecule has 0 spiro atoms. The average molecular weight is 1110 g/mol. The van der Waals surface area contributed by atoms with Gasteiger partial charge in [0, 0.05) is 12.8 Å². The van der Waals surface area contributed by atoms with E-state index < -0.39 is 12.1 Å². The SMILES string of the molecule is CCCCCCCC/C=C\CCCCCCCC(=O)OCCCCCCCCCCCCCCCCCCCCCCCCCCCCCCCCC(=O)NC(CO)C(O)/C=C/CCCCCCCCCCCCCCCCC. The van der Waals surface area contributed by atoms with Crippen molar-refractivity contribution in [1.29, 1.82) is 0 Å². The van der Waals surface area contributed by atoms with Gasteiger partial charge in [0.05, 0.1) is 25.4 Å². The first-order valence-corrected chi connectivity index (χ1v) is 36.1. The molecule has 0 radical (unpaired) electrons. The Kier molecular flexibility index (Phi) is 67.4. The van der Waals surface area contributed by atoms with Crippen LogP contribution in [0.15, 0.2) is 24.3 Å². The molecule has 3 N–H and O–H groups in total. The fraction of sp³-hybridized carbons (Fsp3) is 0.918. The number of rotatable bonds is 68. The highest BCUT2D eigenvalue weighted by molar-refractivity contribution is 5.76. The number of esters is 1. The van der Waals surface area contributed by atoms with E-state index in [1.165, 1.54) is 334 Å². The highest BCUT2D eigenvalue weighted by Gasteiger charge is 2.18. The molecular formula is C73H141NO5. The second-order valence-electron chi connectivity index (χ2n) is 24.9. The zero-order valence-corrected chi connectivity index (χ0v) is 53.6. The van der Waals surface area contributed by atoms with Crippen LogP contribution >= 0.6 is 0 Å². The van der Waals surface area contributed by atoms with Gasteiger partial charge in [-0.3, -0.25) is 9.59 Å².